The summed E-state index contributed by atoms with van der Waals surface area (Å²) in [5.41, 5.74) is 0. The number of hydrogen-bond acceptors (Lipinski definition) is 5. The number of aliphatic carboxylic acids is 1. The standard InChI is InChI=1S/C18H28O6/c1-2-3-4-7-13(19)10-11-16-14(8-5-6-9-17(21)22)15(20)12-18(23)24-16/h5-6,10-11,13-16,19-20H,2-4,7-9,12H2,1H3,(H,21,22)/b6-5-,11-10+/t13-,14+,15+,16+/m0/s1. The summed E-state index contributed by atoms with van der Waals surface area (Å²) in [7, 11) is 0. The molecule has 0 bridgehead atoms. The number of allylic oxidation sites excluding steroid dienone is 1. The number of esters is 1. The van der Waals surface area contributed by atoms with E-state index in [2.05, 4.69) is 6.92 Å². The van der Waals surface area contributed by atoms with Gasteiger partial charge < -0.3 is 20.1 Å². The van der Waals surface area contributed by atoms with E-state index in [0.717, 1.165) is 19.3 Å². The highest BCUT2D eigenvalue weighted by Crippen LogP contribution is 2.27. The Labute approximate surface area is 142 Å². The van der Waals surface area contributed by atoms with Gasteiger partial charge in [-0.05, 0) is 18.9 Å². The van der Waals surface area contributed by atoms with E-state index in [1.165, 1.54) is 6.08 Å². The van der Waals surface area contributed by atoms with E-state index in [0.29, 0.717) is 12.8 Å². The van der Waals surface area contributed by atoms with Gasteiger partial charge in [-0.3, -0.25) is 9.59 Å². The summed E-state index contributed by atoms with van der Waals surface area (Å²) in [5.74, 6) is -1.73. The molecule has 0 aromatic heterocycles. The van der Waals surface area contributed by atoms with Crippen LogP contribution in [0.15, 0.2) is 24.3 Å². The average Bonchev–Trinajstić information content (AvgIpc) is 2.51. The van der Waals surface area contributed by atoms with E-state index in [1.807, 2.05) is 0 Å². The fraction of sp³-hybridized carbons (Fsp3) is 0.667. The third-order valence-electron chi connectivity index (χ3n) is 4.05. The second-order valence-electron chi connectivity index (χ2n) is 6.14. The SMILES string of the molecule is CCCCC[C@H](O)/C=C/[C@H]1OC(=O)C[C@@H](O)[C@H]1C/C=C\CC(=O)O. The van der Waals surface area contributed by atoms with Crippen LogP contribution in [0.3, 0.4) is 0 Å². The molecule has 136 valence electrons. The van der Waals surface area contributed by atoms with Gasteiger partial charge in [-0.1, -0.05) is 44.4 Å². The Kier molecular flexibility index (Phi) is 9.34. The predicted molar refractivity (Wildman–Crippen MR) is 89.3 cm³/mol. The van der Waals surface area contributed by atoms with Crippen molar-refractivity contribution in [2.45, 2.75) is 70.2 Å². The molecule has 1 aliphatic rings. The first kappa shape index (κ1) is 20.4. The van der Waals surface area contributed by atoms with Crippen molar-refractivity contribution in [2.75, 3.05) is 0 Å². The van der Waals surface area contributed by atoms with Crippen molar-refractivity contribution in [1.29, 1.82) is 0 Å². The Morgan fingerprint density at radius 2 is 2.12 bits per heavy atom. The molecule has 1 saturated heterocycles. The minimum Gasteiger partial charge on any atom is -0.481 e. The molecule has 0 aromatic carbocycles. The van der Waals surface area contributed by atoms with Gasteiger partial charge in [0, 0.05) is 5.92 Å². The molecule has 3 N–H and O–H groups in total. The third kappa shape index (κ3) is 7.75. The van der Waals surface area contributed by atoms with Gasteiger partial charge in [0.2, 0.25) is 0 Å². The Hall–Kier alpha value is -1.66. The van der Waals surface area contributed by atoms with Gasteiger partial charge in [0.15, 0.2) is 0 Å². The van der Waals surface area contributed by atoms with Crippen molar-refractivity contribution >= 4 is 11.9 Å². The number of rotatable bonds is 10. The molecule has 1 fully saturated rings. The Morgan fingerprint density at radius 3 is 2.79 bits per heavy atom. The van der Waals surface area contributed by atoms with Crippen LogP contribution in [0, 0.1) is 5.92 Å². The van der Waals surface area contributed by atoms with Gasteiger partial charge in [-0.15, -0.1) is 0 Å². The Morgan fingerprint density at radius 1 is 1.38 bits per heavy atom. The number of aliphatic hydroxyl groups excluding tert-OH is 2. The van der Waals surface area contributed by atoms with E-state index in [9.17, 15) is 19.8 Å². The van der Waals surface area contributed by atoms with Gasteiger partial charge in [0.1, 0.15) is 6.10 Å². The van der Waals surface area contributed by atoms with Gasteiger partial charge in [0.05, 0.1) is 25.0 Å². The molecule has 6 heteroatoms. The van der Waals surface area contributed by atoms with Gasteiger partial charge >= 0.3 is 11.9 Å². The summed E-state index contributed by atoms with van der Waals surface area (Å²) in [6.07, 6.45) is 8.35. The molecule has 0 amide bonds. The highest BCUT2D eigenvalue weighted by Gasteiger charge is 2.35. The van der Waals surface area contributed by atoms with Crippen molar-refractivity contribution in [3.8, 4) is 0 Å². The number of hydrogen-bond donors (Lipinski definition) is 3. The van der Waals surface area contributed by atoms with Crippen molar-refractivity contribution < 1.29 is 29.6 Å². The number of carboxylic acids is 1. The third-order valence-corrected chi connectivity index (χ3v) is 4.05. The quantitative estimate of drug-likeness (QED) is 0.320. The van der Waals surface area contributed by atoms with Crippen LogP contribution in [-0.4, -0.2) is 45.6 Å². The number of ether oxygens (including phenoxy) is 1. The van der Waals surface area contributed by atoms with Crippen molar-refractivity contribution in [2.24, 2.45) is 5.92 Å². The Balaban J connectivity index is 2.62. The fourth-order valence-corrected chi connectivity index (χ4v) is 2.68. The number of unbranched alkanes of at least 4 members (excludes halogenated alkanes) is 2. The normalized spacial score (nSPS) is 26.0. The highest BCUT2D eigenvalue weighted by molar-refractivity contribution is 5.71. The number of carboxylic acid groups (broad SMARTS) is 1. The molecule has 1 aliphatic heterocycles. The number of aliphatic hydroxyl groups is 2. The minimum atomic E-state index is -0.923. The maximum atomic E-state index is 11.5. The van der Waals surface area contributed by atoms with Crippen LogP contribution in [0.4, 0.5) is 0 Å². The molecule has 0 saturated carbocycles. The lowest BCUT2D eigenvalue weighted by molar-refractivity contribution is -0.163. The molecule has 24 heavy (non-hydrogen) atoms. The molecule has 0 radical (unpaired) electrons. The average molecular weight is 340 g/mol. The second kappa shape index (κ2) is 11.0. The maximum absolute atomic E-state index is 11.5. The topological polar surface area (TPSA) is 104 Å². The van der Waals surface area contributed by atoms with E-state index >= 15 is 0 Å². The first-order valence-corrected chi connectivity index (χ1v) is 8.54. The summed E-state index contributed by atoms with van der Waals surface area (Å²) in [5, 5.41) is 28.7. The predicted octanol–water partition coefficient (Wildman–Crippen LogP) is 2.20. The lowest BCUT2D eigenvalue weighted by Crippen LogP contribution is -2.41. The minimum absolute atomic E-state index is 0.0686. The molecular weight excluding hydrogens is 312 g/mol. The van der Waals surface area contributed by atoms with Gasteiger partial charge in [-0.25, -0.2) is 0 Å². The van der Waals surface area contributed by atoms with E-state index in [-0.39, 0.29) is 18.8 Å². The van der Waals surface area contributed by atoms with Crippen molar-refractivity contribution in [3.05, 3.63) is 24.3 Å². The second-order valence-corrected chi connectivity index (χ2v) is 6.14. The number of carbonyl (C=O) groups is 2. The molecule has 0 aliphatic carbocycles. The summed E-state index contributed by atoms with van der Waals surface area (Å²) < 4.78 is 5.28. The zero-order chi connectivity index (χ0) is 17.9. The van der Waals surface area contributed by atoms with Gasteiger partial charge in [-0.2, -0.15) is 0 Å². The summed E-state index contributed by atoms with van der Waals surface area (Å²) in [4.78, 5) is 22.0. The first-order chi connectivity index (χ1) is 11.4. The van der Waals surface area contributed by atoms with E-state index < -0.39 is 30.3 Å². The lowest BCUT2D eigenvalue weighted by atomic mass is 9.87. The molecule has 0 aromatic rings. The van der Waals surface area contributed by atoms with Crippen molar-refractivity contribution in [1.82, 2.24) is 0 Å². The molecule has 1 heterocycles. The van der Waals surface area contributed by atoms with Gasteiger partial charge in [0.25, 0.3) is 0 Å². The first-order valence-electron chi connectivity index (χ1n) is 8.54. The number of cyclic esters (lactones) is 1. The maximum Gasteiger partial charge on any atom is 0.309 e. The summed E-state index contributed by atoms with van der Waals surface area (Å²) in [6.45, 7) is 2.09. The van der Waals surface area contributed by atoms with Crippen LogP contribution < -0.4 is 0 Å². The monoisotopic (exact) mass is 340 g/mol. The van der Waals surface area contributed by atoms with Crippen LogP contribution in [-0.2, 0) is 14.3 Å². The molecule has 0 unspecified atom stereocenters. The highest BCUT2D eigenvalue weighted by atomic mass is 16.5. The van der Waals surface area contributed by atoms with Crippen molar-refractivity contribution in [3.63, 3.8) is 0 Å². The molecule has 0 spiro atoms. The molecular formula is C18H28O6. The Bertz CT molecular complexity index is 456. The largest absolute Gasteiger partial charge is 0.481 e. The zero-order valence-electron chi connectivity index (χ0n) is 14.1. The summed E-state index contributed by atoms with van der Waals surface area (Å²) >= 11 is 0. The van der Waals surface area contributed by atoms with Crippen LogP contribution >= 0.6 is 0 Å². The van der Waals surface area contributed by atoms with Crippen LogP contribution in [0.2, 0.25) is 0 Å². The van der Waals surface area contributed by atoms with Crippen LogP contribution in [0.1, 0.15) is 51.9 Å². The zero-order valence-corrected chi connectivity index (χ0v) is 14.1. The van der Waals surface area contributed by atoms with Crippen LogP contribution in [0.5, 0.6) is 0 Å². The summed E-state index contributed by atoms with van der Waals surface area (Å²) in [6, 6.07) is 0. The van der Waals surface area contributed by atoms with E-state index in [1.54, 1.807) is 18.2 Å². The molecule has 6 nitrogen and oxygen atoms in total. The fourth-order valence-electron chi connectivity index (χ4n) is 2.68. The lowest BCUT2D eigenvalue weighted by Gasteiger charge is -2.32. The molecule has 1 rings (SSSR count). The smallest absolute Gasteiger partial charge is 0.309 e. The van der Waals surface area contributed by atoms with E-state index in [4.69, 9.17) is 9.84 Å². The molecule has 4 atom stereocenters. The number of carbonyl (C=O) groups excluding carboxylic acids is 1. The van der Waals surface area contributed by atoms with Crippen LogP contribution in [0.25, 0.3) is 0 Å².